The number of hydrogen-bond donors (Lipinski definition) is 1. The fourth-order valence-electron chi connectivity index (χ4n) is 3.32. The topological polar surface area (TPSA) is 71.5 Å². The second kappa shape index (κ2) is 11.2. The highest BCUT2D eigenvalue weighted by molar-refractivity contribution is 5.89. The van der Waals surface area contributed by atoms with Crippen LogP contribution in [-0.2, 0) is 14.3 Å². The molecule has 2 rings (SSSR count). The van der Waals surface area contributed by atoms with Crippen LogP contribution in [0.4, 0.5) is 0 Å². The monoisotopic (exact) mass is 383 g/mol. The van der Waals surface area contributed by atoms with Gasteiger partial charge in [0, 0.05) is 50.2 Å². The van der Waals surface area contributed by atoms with E-state index in [9.17, 15) is 9.59 Å². The quantitative estimate of drug-likeness (QED) is 0.666. The van der Waals surface area contributed by atoms with Gasteiger partial charge in [-0.15, -0.1) is 0 Å². The van der Waals surface area contributed by atoms with Crippen LogP contribution in [0.3, 0.4) is 0 Å². The van der Waals surface area contributed by atoms with Crippen LogP contribution in [0.1, 0.15) is 37.8 Å². The van der Waals surface area contributed by atoms with Gasteiger partial charge in [-0.25, -0.2) is 0 Å². The standard InChI is InChI=1S/C22H29N3O3/c1-4-8-17(5-2)15-24-22(27)21(18-9-7-12-23-16-18)25(20(26)6-3)19-10-13-28-14-11-19/h4-5,7-9,12,16,19,21H,1-2,6,10-11,13-15H2,3H3,(H,24,27)/b17-8+. The molecule has 1 aliphatic rings. The highest BCUT2D eigenvalue weighted by Gasteiger charge is 2.36. The first-order chi connectivity index (χ1) is 13.6. The van der Waals surface area contributed by atoms with Gasteiger partial charge in [-0.05, 0) is 24.5 Å². The van der Waals surface area contributed by atoms with E-state index in [4.69, 9.17) is 4.74 Å². The number of hydrogen-bond acceptors (Lipinski definition) is 4. The molecule has 1 aliphatic heterocycles. The van der Waals surface area contributed by atoms with Crippen molar-refractivity contribution in [3.63, 3.8) is 0 Å². The van der Waals surface area contributed by atoms with Crippen molar-refractivity contribution in [3.8, 4) is 0 Å². The van der Waals surface area contributed by atoms with Crippen LogP contribution >= 0.6 is 0 Å². The second-order valence-electron chi connectivity index (χ2n) is 6.59. The van der Waals surface area contributed by atoms with Crippen molar-refractivity contribution >= 4 is 11.8 Å². The van der Waals surface area contributed by atoms with Gasteiger partial charge in [0.25, 0.3) is 0 Å². The first-order valence-corrected chi connectivity index (χ1v) is 9.62. The lowest BCUT2D eigenvalue weighted by Gasteiger charge is -2.39. The molecule has 2 amide bonds. The number of carbonyl (C=O) groups is 2. The summed E-state index contributed by atoms with van der Waals surface area (Å²) < 4.78 is 5.45. The summed E-state index contributed by atoms with van der Waals surface area (Å²) in [6.45, 7) is 10.7. The average molecular weight is 383 g/mol. The molecule has 1 N–H and O–H groups in total. The molecular formula is C22H29N3O3. The summed E-state index contributed by atoms with van der Waals surface area (Å²) in [5.74, 6) is -0.292. The van der Waals surface area contributed by atoms with E-state index in [-0.39, 0.29) is 17.9 Å². The lowest BCUT2D eigenvalue weighted by molar-refractivity contribution is -0.145. The summed E-state index contributed by atoms with van der Waals surface area (Å²) in [7, 11) is 0. The lowest BCUT2D eigenvalue weighted by atomic mass is 9.99. The van der Waals surface area contributed by atoms with Crippen molar-refractivity contribution in [3.05, 3.63) is 67.0 Å². The Bertz CT molecular complexity index is 709. The van der Waals surface area contributed by atoms with Crippen molar-refractivity contribution in [1.29, 1.82) is 0 Å². The van der Waals surface area contributed by atoms with Crippen molar-refractivity contribution < 1.29 is 14.3 Å². The van der Waals surface area contributed by atoms with Gasteiger partial charge in [-0.1, -0.05) is 44.4 Å². The first-order valence-electron chi connectivity index (χ1n) is 9.62. The molecule has 0 radical (unpaired) electrons. The van der Waals surface area contributed by atoms with E-state index < -0.39 is 6.04 Å². The maximum absolute atomic E-state index is 13.2. The number of aromatic nitrogens is 1. The minimum absolute atomic E-state index is 0.0419. The fourth-order valence-corrected chi connectivity index (χ4v) is 3.32. The molecule has 1 aromatic rings. The Hall–Kier alpha value is -2.73. The molecule has 150 valence electrons. The van der Waals surface area contributed by atoms with Crippen LogP contribution in [0.2, 0.25) is 0 Å². The summed E-state index contributed by atoms with van der Waals surface area (Å²) in [6, 6.07) is 2.83. The third-order valence-corrected chi connectivity index (χ3v) is 4.76. The van der Waals surface area contributed by atoms with Gasteiger partial charge in [0.2, 0.25) is 11.8 Å². The number of rotatable bonds is 9. The second-order valence-corrected chi connectivity index (χ2v) is 6.59. The van der Waals surface area contributed by atoms with Crippen LogP contribution in [0.5, 0.6) is 0 Å². The van der Waals surface area contributed by atoms with Crippen LogP contribution in [0.25, 0.3) is 0 Å². The fraction of sp³-hybridized carbons (Fsp3) is 0.409. The lowest BCUT2D eigenvalue weighted by Crippen LogP contribution is -2.50. The van der Waals surface area contributed by atoms with Crippen molar-refractivity contribution in [1.82, 2.24) is 15.2 Å². The van der Waals surface area contributed by atoms with E-state index >= 15 is 0 Å². The van der Waals surface area contributed by atoms with Gasteiger partial charge >= 0.3 is 0 Å². The number of pyridine rings is 1. The Labute approximate surface area is 167 Å². The van der Waals surface area contributed by atoms with Crippen molar-refractivity contribution in [2.45, 2.75) is 38.3 Å². The minimum Gasteiger partial charge on any atom is -0.381 e. The molecule has 6 nitrogen and oxygen atoms in total. The molecule has 0 spiro atoms. The predicted octanol–water partition coefficient (Wildman–Crippen LogP) is 2.95. The highest BCUT2D eigenvalue weighted by atomic mass is 16.5. The Morgan fingerprint density at radius 3 is 2.71 bits per heavy atom. The molecule has 6 heteroatoms. The number of carbonyl (C=O) groups excluding carboxylic acids is 2. The van der Waals surface area contributed by atoms with Gasteiger partial charge in [0.15, 0.2) is 0 Å². The number of nitrogens with zero attached hydrogens (tertiary/aromatic N) is 2. The maximum Gasteiger partial charge on any atom is 0.247 e. The largest absolute Gasteiger partial charge is 0.381 e. The molecule has 0 saturated carbocycles. The van der Waals surface area contributed by atoms with E-state index in [2.05, 4.69) is 23.5 Å². The summed E-state index contributed by atoms with van der Waals surface area (Å²) in [5, 5.41) is 2.94. The highest BCUT2D eigenvalue weighted by Crippen LogP contribution is 2.28. The Balaban J connectivity index is 2.34. The van der Waals surface area contributed by atoms with Gasteiger partial charge in [0.05, 0.1) is 0 Å². The molecule has 1 saturated heterocycles. The Morgan fingerprint density at radius 1 is 1.39 bits per heavy atom. The van der Waals surface area contributed by atoms with Crippen molar-refractivity contribution in [2.75, 3.05) is 19.8 Å². The number of allylic oxidation sites excluding steroid dienone is 2. The number of ether oxygens (including phenoxy) is 1. The normalized spacial score (nSPS) is 16.1. The zero-order chi connectivity index (χ0) is 20.4. The molecule has 1 unspecified atom stereocenters. The van der Waals surface area contributed by atoms with Crippen LogP contribution in [0, 0.1) is 0 Å². The van der Waals surface area contributed by atoms with E-state index in [1.165, 1.54) is 0 Å². The molecule has 1 aromatic heterocycles. The van der Waals surface area contributed by atoms with Crippen molar-refractivity contribution in [2.24, 2.45) is 0 Å². The SMILES string of the molecule is C=C/C=C(\C=C)CNC(=O)C(c1cccnc1)N(C(=O)CC)C1CCOCC1. The molecule has 2 heterocycles. The van der Waals surface area contributed by atoms with Crippen LogP contribution in [-0.4, -0.2) is 47.5 Å². The summed E-state index contributed by atoms with van der Waals surface area (Å²) in [6.07, 6.45) is 10.2. The maximum atomic E-state index is 13.2. The van der Waals surface area contributed by atoms with E-state index in [0.717, 1.165) is 5.57 Å². The van der Waals surface area contributed by atoms with E-state index in [1.807, 2.05) is 13.0 Å². The molecule has 1 atom stereocenters. The van der Waals surface area contributed by atoms with Gasteiger partial charge in [0.1, 0.15) is 6.04 Å². The van der Waals surface area contributed by atoms with Crippen LogP contribution < -0.4 is 5.32 Å². The molecule has 0 aromatic carbocycles. The molecule has 0 aliphatic carbocycles. The number of amides is 2. The molecule has 1 fully saturated rings. The Kier molecular flexibility index (Phi) is 8.62. The predicted molar refractivity (Wildman–Crippen MR) is 109 cm³/mol. The number of nitrogens with one attached hydrogen (secondary N) is 1. The van der Waals surface area contributed by atoms with E-state index in [0.29, 0.717) is 44.6 Å². The average Bonchev–Trinajstić information content (AvgIpc) is 2.75. The van der Waals surface area contributed by atoms with Gasteiger partial charge in [-0.2, -0.15) is 0 Å². The summed E-state index contributed by atoms with van der Waals surface area (Å²) >= 11 is 0. The molecular weight excluding hydrogens is 354 g/mol. The minimum atomic E-state index is -0.737. The Morgan fingerprint density at radius 2 is 2.14 bits per heavy atom. The third-order valence-electron chi connectivity index (χ3n) is 4.76. The van der Waals surface area contributed by atoms with Gasteiger partial charge < -0.3 is 15.0 Å². The summed E-state index contributed by atoms with van der Waals surface area (Å²) in [4.78, 5) is 32.0. The summed E-state index contributed by atoms with van der Waals surface area (Å²) in [5.41, 5.74) is 1.54. The van der Waals surface area contributed by atoms with Gasteiger partial charge in [-0.3, -0.25) is 14.6 Å². The molecule has 0 bridgehead atoms. The smallest absolute Gasteiger partial charge is 0.247 e. The zero-order valence-corrected chi connectivity index (χ0v) is 16.5. The van der Waals surface area contributed by atoms with E-state index in [1.54, 1.807) is 41.6 Å². The zero-order valence-electron chi connectivity index (χ0n) is 16.5. The first kappa shape index (κ1) is 21.6. The third kappa shape index (κ3) is 5.63. The van der Waals surface area contributed by atoms with Crippen LogP contribution in [0.15, 0.2) is 61.5 Å². The molecule has 28 heavy (non-hydrogen) atoms.